The van der Waals surface area contributed by atoms with Crippen molar-refractivity contribution >= 4 is 27.6 Å². The highest BCUT2D eigenvalue weighted by atomic mass is 32.2. The van der Waals surface area contributed by atoms with Crippen molar-refractivity contribution in [3.05, 3.63) is 40.8 Å². The third-order valence-corrected chi connectivity index (χ3v) is 5.66. The van der Waals surface area contributed by atoms with Gasteiger partial charge in [0.1, 0.15) is 10.6 Å². The van der Waals surface area contributed by atoms with E-state index >= 15 is 0 Å². The number of aryl methyl sites for hydroxylation is 3. The molecule has 0 radical (unpaired) electrons. The Hall–Kier alpha value is -2.72. The summed E-state index contributed by atoms with van der Waals surface area (Å²) in [4.78, 5) is 24.0. The Bertz CT molecular complexity index is 961. The van der Waals surface area contributed by atoms with Gasteiger partial charge in [-0.1, -0.05) is 11.2 Å². The number of anilines is 1. The lowest BCUT2D eigenvalue weighted by molar-refractivity contribution is -0.117. The summed E-state index contributed by atoms with van der Waals surface area (Å²) < 4.78 is 36.8. The van der Waals surface area contributed by atoms with Gasteiger partial charge in [-0.2, -0.15) is 4.72 Å². The summed E-state index contributed by atoms with van der Waals surface area (Å²) in [6, 6.07) is 3.61. The quantitative estimate of drug-likeness (QED) is 0.712. The van der Waals surface area contributed by atoms with Crippen LogP contribution in [0.2, 0.25) is 0 Å². The van der Waals surface area contributed by atoms with E-state index in [1.165, 1.54) is 33.9 Å². The second-order valence-electron chi connectivity index (χ2n) is 6.01. The summed E-state index contributed by atoms with van der Waals surface area (Å²) in [5.74, 6) is -0.998. The van der Waals surface area contributed by atoms with E-state index in [0.717, 1.165) is 0 Å². The zero-order valence-corrected chi connectivity index (χ0v) is 16.4. The van der Waals surface area contributed by atoms with E-state index in [1.807, 2.05) is 0 Å². The van der Waals surface area contributed by atoms with Gasteiger partial charge >= 0.3 is 5.97 Å². The standard InChI is InChI=1S/C17H21N3O6S/c1-9-6-7-13(17(22)25-5)8-14(9)18-16(21)11(3)20-27(23,24)15-10(2)19-26-12(15)4/h6-8,11,20H,1-5H3,(H,18,21)/t11-/m0/s1. The maximum atomic E-state index is 12.5. The number of hydrogen-bond donors (Lipinski definition) is 2. The molecule has 0 saturated carbocycles. The van der Waals surface area contributed by atoms with Crippen LogP contribution in [0.1, 0.15) is 34.3 Å². The molecule has 0 fully saturated rings. The molecule has 0 saturated heterocycles. The minimum absolute atomic E-state index is 0.0916. The molecule has 10 heteroatoms. The number of nitrogens with one attached hydrogen (secondary N) is 2. The van der Waals surface area contributed by atoms with Crippen molar-refractivity contribution in [2.75, 3.05) is 12.4 Å². The van der Waals surface area contributed by atoms with E-state index in [0.29, 0.717) is 11.3 Å². The molecule has 0 aliphatic rings. The predicted octanol–water partition coefficient (Wildman–Crippen LogP) is 1.69. The maximum Gasteiger partial charge on any atom is 0.337 e. The van der Waals surface area contributed by atoms with E-state index in [-0.39, 0.29) is 21.9 Å². The van der Waals surface area contributed by atoms with Gasteiger partial charge in [0.05, 0.1) is 18.7 Å². The molecule has 0 spiro atoms. The van der Waals surface area contributed by atoms with Gasteiger partial charge in [0.15, 0.2) is 5.76 Å². The molecular weight excluding hydrogens is 374 g/mol. The van der Waals surface area contributed by atoms with Crippen molar-refractivity contribution in [1.82, 2.24) is 9.88 Å². The van der Waals surface area contributed by atoms with Gasteiger partial charge in [-0.05, 0) is 45.4 Å². The molecule has 0 unspecified atom stereocenters. The lowest BCUT2D eigenvalue weighted by Crippen LogP contribution is -2.41. The van der Waals surface area contributed by atoms with Gasteiger partial charge in [-0.25, -0.2) is 13.2 Å². The number of sulfonamides is 1. The highest BCUT2D eigenvalue weighted by Crippen LogP contribution is 2.20. The zero-order chi connectivity index (χ0) is 20.4. The largest absolute Gasteiger partial charge is 0.465 e. The second-order valence-corrected chi connectivity index (χ2v) is 7.66. The van der Waals surface area contributed by atoms with Crippen molar-refractivity contribution in [3.63, 3.8) is 0 Å². The van der Waals surface area contributed by atoms with E-state index in [4.69, 9.17) is 4.52 Å². The van der Waals surface area contributed by atoms with Crippen LogP contribution in [0.4, 0.5) is 5.69 Å². The SMILES string of the molecule is COC(=O)c1ccc(C)c(NC(=O)[C@H](C)NS(=O)(=O)c2c(C)noc2C)c1. The van der Waals surface area contributed by atoms with Crippen LogP contribution in [-0.4, -0.2) is 38.6 Å². The molecule has 0 aliphatic heterocycles. The first kappa shape index (κ1) is 20.6. The number of carbonyl (C=O) groups excluding carboxylic acids is 2. The smallest absolute Gasteiger partial charge is 0.337 e. The lowest BCUT2D eigenvalue weighted by Gasteiger charge is -2.16. The normalized spacial score (nSPS) is 12.5. The predicted molar refractivity (Wildman–Crippen MR) is 96.9 cm³/mol. The first-order chi connectivity index (χ1) is 12.6. The van der Waals surface area contributed by atoms with Crippen molar-refractivity contribution < 1.29 is 27.3 Å². The van der Waals surface area contributed by atoms with Crippen LogP contribution in [0, 0.1) is 20.8 Å². The van der Waals surface area contributed by atoms with Gasteiger partial charge in [-0.15, -0.1) is 0 Å². The summed E-state index contributed by atoms with van der Waals surface area (Å²) >= 11 is 0. The fourth-order valence-electron chi connectivity index (χ4n) is 2.45. The number of amides is 1. The fraction of sp³-hybridized carbons (Fsp3) is 0.353. The first-order valence-corrected chi connectivity index (χ1v) is 9.50. The highest BCUT2D eigenvalue weighted by molar-refractivity contribution is 7.89. The van der Waals surface area contributed by atoms with Crippen molar-refractivity contribution in [3.8, 4) is 0 Å². The molecule has 0 aliphatic carbocycles. The fourth-order valence-corrected chi connectivity index (χ4v) is 3.98. The number of rotatable bonds is 6. The summed E-state index contributed by atoms with van der Waals surface area (Å²) in [7, 11) is -2.74. The van der Waals surface area contributed by atoms with Crippen LogP contribution in [0.5, 0.6) is 0 Å². The molecule has 2 N–H and O–H groups in total. The van der Waals surface area contributed by atoms with Gasteiger partial charge in [0, 0.05) is 5.69 Å². The number of hydrogen-bond acceptors (Lipinski definition) is 7. The summed E-state index contributed by atoms with van der Waals surface area (Å²) in [5, 5.41) is 6.22. The molecular formula is C17H21N3O6S. The Labute approximate surface area is 157 Å². The van der Waals surface area contributed by atoms with Crippen LogP contribution < -0.4 is 10.0 Å². The van der Waals surface area contributed by atoms with Crippen molar-refractivity contribution in [1.29, 1.82) is 0 Å². The molecule has 27 heavy (non-hydrogen) atoms. The molecule has 1 atom stereocenters. The second kappa shape index (κ2) is 7.89. The molecule has 1 aromatic carbocycles. The Morgan fingerprint density at radius 1 is 1.22 bits per heavy atom. The van der Waals surface area contributed by atoms with Crippen LogP contribution >= 0.6 is 0 Å². The Balaban J connectivity index is 2.18. The molecule has 1 heterocycles. The monoisotopic (exact) mass is 395 g/mol. The Morgan fingerprint density at radius 2 is 1.89 bits per heavy atom. The van der Waals surface area contributed by atoms with E-state index in [9.17, 15) is 18.0 Å². The molecule has 2 rings (SSSR count). The topological polar surface area (TPSA) is 128 Å². The van der Waals surface area contributed by atoms with Gasteiger partial charge in [0.25, 0.3) is 0 Å². The van der Waals surface area contributed by atoms with Gasteiger partial charge in [-0.3, -0.25) is 4.79 Å². The molecule has 1 amide bonds. The van der Waals surface area contributed by atoms with Crippen LogP contribution in [0.25, 0.3) is 0 Å². The average Bonchev–Trinajstić information content (AvgIpc) is 2.94. The van der Waals surface area contributed by atoms with E-state index in [1.54, 1.807) is 19.1 Å². The number of benzene rings is 1. The minimum atomic E-state index is -3.99. The number of esters is 1. The summed E-state index contributed by atoms with van der Waals surface area (Å²) in [5.41, 5.74) is 1.56. The van der Waals surface area contributed by atoms with Crippen molar-refractivity contribution in [2.24, 2.45) is 0 Å². The summed E-state index contributed by atoms with van der Waals surface area (Å²) in [6.45, 7) is 6.12. The van der Waals surface area contributed by atoms with Gasteiger partial charge < -0.3 is 14.6 Å². The molecule has 0 bridgehead atoms. The molecule has 2 aromatic rings. The number of carbonyl (C=O) groups is 2. The van der Waals surface area contributed by atoms with Gasteiger partial charge in [0.2, 0.25) is 15.9 Å². The van der Waals surface area contributed by atoms with E-state index in [2.05, 4.69) is 19.9 Å². The maximum absolute atomic E-state index is 12.5. The first-order valence-electron chi connectivity index (χ1n) is 8.02. The molecule has 1 aromatic heterocycles. The zero-order valence-electron chi connectivity index (χ0n) is 15.6. The Kier molecular flexibility index (Phi) is 6.01. The van der Waals surface area contributed by atoms with Crippen LogP contribution in [0.15, 0.2) is 27.6 Å². The molecule has 146 valence electrons. The number of ether oxygens (including phenoxy) is 1. The summed E-state index contributed by atoms with van der Waals surface area (Å²) in [6.07, 6.45) is 0. The van der Waals surface area contributed by atoms with Crippen molar-refractivity contribution in [2.45, 2.75) is 38.6 Å². The lowest BCUT2D eigenvalue weighted by atomic mass is 10.1. The Morgan fingerprint density at radius 3 is 2.44 bits per heavy atom. The number of methoxy groups -OCH3 is 1. The molecule has 9 nitrogen and oxygen atoms in total. The number of aromatic nitrogens is 1. The third-order valence-electron chi connectivity index (χ3n) is 3.88. The van der Waals surface area contributed by atoms with Crippen LogP contribution in [0.3, 0.4) is 0 Å². The van der Waals surface area contributed by atoms with E-state index < -0.39 is 27.9 Å². The highest BCUT2D eigenvalue weighted by Gasteiger charge is 2.28. The number of nitrogens with zero attached hydrogens (tertiary/aromatic N) is 1. The third kappa shape index (κ3) is 4.52. The minimum Gasteiger partial charge on any atom is -0.465 e. The average molecular weight is 395 g/mol. The van der Waals surface area contributed by atoms with Crippen LogP contribution in [-0.2, 0) is 19.6 Å².